The van der Waals surface area contributed by atoms with Crippen LogP contribution in [-0.4, -0.2) is 30.5 Å². The van der Waals surface area contributed by atoms with Crippen molar-refractivity contribution in [3.8, 4) is 0 Å². The molecule has 0 saturated heterocycles. The lowest BCUT2D eigenvalue weighted by Crippen LogP contribution is -2.44. The molecule has 0 heterocycles. The summed E-state index contributed by atoms with van der Waals surface area (Å²) >= 11 is 0. The second-order valence-corrected chi connectivity index (χ2v) is 5.29. The largest absolute Gasteiger partial charge is 0.394 e. The Morgan fingerprint density at radius 3 is 2.50 bits per heavy atom. The fourth-order valence-electron chi connectivity index (χ4n) is 2.85. The average Bonchev–Trinajstić information content (AvgIpc) is 2.33. The number of ether oxygens (including phenoxy) is 1. The van der Waals surface area contributed by atoms with E-state index in [-0.39, 0.29) is 12.2 Å². The molecule has 0 bridgehead atoms. The van der Waals surface area contributed by atoms with Gasteiger partial charge in [0.05, 0.1) is 18.8 Å². The lowest BCUT2D eigenvalue weighted by molar-refractivity contribution is -0.0753. The van der Waals surface area contributed by atoms with Crippen LogP contribution in [0.1, 0.15) is 33.6 Å². The van der Waals surface area contributed by atoms with Crippen LogP contribution < -0.4 is 5.73 Å². The lowest BCUT2D eigenvalue weighted by Gasteiger charge is -2.33. The van der Waals surface area contributed by atoms with Crippen LogP contribution in [0, 0.1) is 11.3 Å². The first kappa shape index (κ1) is 12.0. The van der Waals surface area contributed by atoms with Crippen molar-refractivity contribution in [1.82, 2.24) is 0 Å². The molecule has 0 spiro atoms. The van der Waals surface area contributed by atoms with Gasteiger partial charge in [0.2, 0.25) is 0 Å². The highest BCUT2D eigenvalue weighted by Gasteiger charge is 2.48. The predicted octanol–water partition coefficient (Wildman–Crippen LogP) is 1.15. The number of aliphatic hydroxyl groups is 1. The Labute approximate surface area is 86.6 Å². The number of rotatable bonds is 4. The molecule has 3 heteroatoms. The van der Waals surface area contributed by atoms with Crippen molar-refractivity contribution in [2.24, 2.45) is 17.1 Å². The second-order valence-electron chi connectivity index (χ2n) is 5.29. The lowest BCUT2D eigenvalue weighted by atomic mass is 9.89. The topological polar surface area (TPSA) is 55.5 Å². The van der Waals surface area contributed by atoms with Crippen LogP contribution in [0.2, 0.25) is 0 Å². The standard InChI is InChI=1S/C11H23NO2/c1-9-6-10(2,3)7-11(9,8-12)14-5-4-13/h9,13H,4-8,12H2,1-3H3. The smallest absolute Gasteiger partial charge is 0.0835 e. The van der Waals surface area contributed by atoms with Crippen LogP contribution in [0.3, 0.4) is 0 Å². The summed E-state index contributed by atoms with van der Waals surface area (Å²) in [6.45, 7) is 7.73. The van der Waals surface area contributed by atoms with Gasteiger partial charge in [-0.05, 0) is 24.2 Å². The van der Waals surface area contributed by atoms with Crippen LogP contribution in [0.4, 0.5) is 0 Å². The minimum Gasteiger partial charge on any atom is -0.394 e. The van der Waals surface area contributed by atoms with Crippen LogP contribution in [0.15, 0.2) is 0 Å². The van der Waals surface area contributed by atoms with Crippen molar-refractivity contribution < 1.29 is 9.84 Å². The van der Waals surface area contributed by atoms with E-state index >= 15 is 0 Å². The Bertz CT molecular complexity index is 194. The third kappa shape index (κ3) is 2.27. The van der Waals surface area contributed by atoms with E-state index in [0.717, 1.165) is 12.8 Å². The molecule has 84 valence electrons. The quantitative estimate of drug-likeness (QED) is 0.717. The van der Waals surface area contributed by atoms with Crippen molar-refractivity contribution in [2.75, 3.05) is 19.8 Å². The average molecular weight is 201 g/mol. The van der Waals surface area contributed by atoms with E-state index in [4.69, 9.17) is 15.6 Å². The van der Waals surface area contributed by atoms with E-state index < -0.39 is 0 Å². The van der Waals surface area contributed by atoms with Gasteiger partial charge in [0.1, 0.15) is 0 Å². The summed E-state index contributed by atoms with van der Waals surface area (Å²) in [6, 6.07) is 0. The molecule has 0 amide bonds. The van der Waals surface area contributed by atoms with Crippen molar-refractivity contribution in [3.05, 3.63) is 0 Å². The van der Waals surface area contributed by atoms with Gasteiger partial charge in [-0.1, -0.05) is 20.8 Å². The fourth-order valence-corrected chi connectivity index (χ4v) is 2.85. The molecule has 0 aromatic rings. The summed E-state index contributed by atoms with van der Waals surface area (Å²) in [5.74, 6) is 0.481. The fraction of sp³-hybridized carbons (Fsp3) is 1.00. The van der Waals surface area contributed by atoms with Crippen molar-refractivity contribution >= 4 is 0 Å². The highest BCUT2D eigenvalue weighted by Crippen LogP contribution is 2.48. The van der Waals surface area contributed by atoms with Crippen molar-refractivity contribution in [3.63, 3.8) is 0 Å². The Hall–Kier alpha value is -0.120. The predicted molar refractivity (Wildman–Crippen MR) is 57.0 cm³/mol. The molecule has 0 aromatic carbocycles. The first-order chi connectivity index (χ1) is 6.46. The second kappa shape index (κ2) is 4.17. The minimum atomic E-state index is -0.202. The SMILES string of the molecule is CC1CC(C)(C)CC1(CN)OCCO. The number of aliphatic hydroxyl groups excluding tert-OH is 1. The normalized spacial score (nSPS) is 36.2. The zero-order valence-electron chi connectivity index (χ0n) is 9.55. The van der Waals surface area contributed by atoms with E-state index in [1.165, 1.54) is 0 Å². The van der Waals surface area contributed by atoms with E-state index in [1.807, 2.05) is 0 Å². The van der Waals surface area contributed by atoms with E-state index in [1.54, 1.807) is 0 Å². The van der Waals surface area contributed by atoms with Crippen molar-refractivity contribution in [1.29, 1.82) is 0 Å². The molecular formula is C11H23NO2. The molecule has 1 rings (SSSR count). The summed E-state index contributed by atoms with van der Waals surface area (Å²) in [4.78, 5) is 0. The molecule has 1 aliphatic carbocycles. The molecule has 14 heavy (non-hydrogen) atoms. The maximum atomic E-state index is 8.79. The maximum Gasteiger partial charge on any atom is 0.0835 e. The molecule has 0 aromatic heterocycles. The Morgan fingerprint density at radius 2 is 2.14 bits per heavy atom. The number of hydrogen-bond donors (Lipinski definition) is 2. The van der Waals surface area contributed by atoms with Gasteiger partial charge in [0.25, 0.3) is 0 Å². The molecule has 1 saturated carbocycles. The molecule has 0 radical (unpaired) electrons. The third-order valence-corrected chi connectivity index (χ3v) is 3.36. The van der Waals surface area contributed by atoms with Crippen LogP contribution in [-0.2, 0) is 4.74 Å². The Kier molecular flexibility index (Phi) is 3.56. The first-order valence-corrected chi connectivity index (χ1v) is 5.41. The van der Waals surface area contributed by atoms with Crippen LogP contribution >= 0.6 is 0 Å². The molecule has 0 aliphatic heterocycles. The van der Waals surface area contributed by atoms with Crippen LogP contribution in [0.25, 0.3) is 0 Å². The van der Waals surface area contributed by atoms with Gasteiger partial charge in [0.15, 0.2) is 0 Å². The Balaban J connectivity index is 2.69. The van der Waals surface area contributed by atoms with Gasteiger partial charge in [0, 0.05) is 6.54 Å². The Morgan fingerprint density at radius 1 is 1.50 bits per heavy atom. The zero-order chi connectivity index (χ0) is 10.8. The summed E-state index contributed by atoms with van der Waals surface area (Å²) < 4.78 is 5.76. The number of hydrogen-bond acceptors (Lipinski definition) is 3. The third-order valence-electron chi connectivity index (χ3n) is 3.36. The van der Waals surface area contributed by atoms with Gasteiger partial charge in [-0.25, -0.2) is 0 Å². The molecule has 3 N–H and O–H groups in total. The van der Waals surface area contributed by atoms with Gasteiger partial charge in [-0.15, -0.1) is 0 Å². The van der Waals surface area contributed by atoms with Crippen LogP contribution in [0.5, 0.6) is 0 Å². The molecule has 3 nitrogen and oxygen atoms in total. The van der Waals surface area contributed by atoms with Crippen molar-refractivity contribution in [2.45, 2.75) is 39.2 Å². The zero-order valence-corrected chi connectivity index (χ0v) is 9.55. The monoisotopic (exact) mass is 201 g/mol. The first-order valence-electron chi connectivity index (χ1n) is 5.41. The van der Waals surface area contributed by atoms with Gasteiger partial charge in [-0.2, -0.15) is 0 Å². The molecular weight excluding hydrogens is 178 g/mol. The molecule has 2 atom stereocenters. The molecule has 1 fully saturated rings. The maximum absolute atomic E-state index is 8.79. The van der Waals surface area contributed by atoms with Gasteiger partial charge >= 0.3 is 0 Å². The van der Waals surface area contributed by atoms with Gasteiger partial charge in [-0.3, -0.25) is 0 Å². The number of nitrogens with two attached hydrogens (primary N) is 1. The van der Waals surface area contributed by atoms with E-state index in [9.17, 15) is 0 Å². The van der Waals surface area contributed by atoms with E-state index in [2.05, 4.69) is 20.8 Å². The summed E-state index contributed by atoms with van der Waals surface area (Å²) in [7, 11) is 0. The highest BCUT2D eigenvalue weighted by atomic mass is 16.5. The minimum absolute atomic E-state index is 0.0783. The summed E-state index contributed by atoms with van der Waals surface area (Å²) in [5, 5.41) is 8.79. The summed E-state index contributed by atoms with van der Waals surface area (Å²) in [5.41, 5.74) is 5.93. The molecule has 1 aliphatic rings. The highest BCUT2D eigenvalue weighted by molar-refractivity contribution is 5.00. The molecule has 2 unspecified atom stereocenters. The summed E-state index contributed by atoms with van der Waals surface area (Å²) in [6.07, 6.45) is 2.15. The van der Waals surface area contributed by atoms with Gasteiger partial charge < -0.3 is 15.6 Å². The van der Waals surface area contributed by atoms with E-state index in [0.29, 0.717) is 24.5 Å².